The smallest absolute Gasteiger partial charge is 0.248 e. The molecule has 0 radical (unpaired) electrons. The highest BCUT2D eigenvalue weighted by Gasteiger charge is 2.06. The fourth-order valence-corrected chi connectivity index (χ4v) is 1.35. The summed E-state index contributed by atoms with van der Waals surface area (Å²) in [6.07, 6.45) is 7.63. The molecule has 0 unspecified atom stereocenters. The lowest BCUT2D eigenvalue weighted by molar-refractivity contribution is -0.108. The Morgan fingerprint density at radius 1 is 1.31 bits per heavy atom. The van der Waals surface area contributed by atoms with Crippen LogP contribution in [0, 0.1) is 0 Å². The average Bonchev–Trinajstić information content (AvgIpc) is 2.05. The van der Waals surface area contributed by atoms with E-state index in [9.17, 15) is 4.79 Å². The van der Waals surface area contributed by atoms with Crippen LogP contribution < -0.4 is 0 Å². The van der Waals surface area contributed by atoms with E-state index < -0.39 is 0 Å². The predicted octanol–water partition coefficient (Wildman–Crippen LogP) is 3.36. The van der Waals surface area contributed by atoms with Crippen LogP contribution in [0.15, 0.2) is 34.9 Å². The summed E-state index contributed by atoms with van der Waals surface area (Å²) in [5.41, 5.74) is 3.06. The minimum Gasteiger partial charge on any atom is -0.276 e. The maximum atomic E-state index is 11.0. The Hall–Kier alpha value is -0.820. The molecule has 0 spiro atoms. The van der Waals surface area contributed by atoms with Crippen LogP contribution in [0.5, 0.6) is 0 Å². The normalized spacial score (nSPS) is 21.9. The molecule has 1 aliphatic rings. The Labute approximate surface area is 83.8 Å². The predicted molar refractivity (Wildman–Crippen MR) is 55.7 cm³/mol. The fraction of sp³-hybridized carbons (Fsp3) is 0.364. The number of rotatable bonds is 1. The molecule has 2 heteroatoms. The number of halogens is 1. The molecule has 0 heterocycles. The molecule has 0 aliphatic heterocycles. The first-order valence-corrected chi connectivity index (χ1v) is 4.70. The Morgan fingerprint density at radius 2 is 2.00 bits per heavy atom. The van der Waals surface area contributed by atoms with E-state index in [1.54, 1.807) is 0 Å². The van der Waals surface area contributed by atoms with Gasteiger partial charge in [0.2, 0.25) is 5.24 Å². The summed E-state index contributed by atoms with van der Waals surface area (Å²) >= 11 is 5.43. The van der Waals surface area contributed by atoms with Gasteiger partial charge in [-0.3, -0.25) is 4.79 Å². The molecule has 0 aromatic rings. The van der Waals surface area contributed by atoms with Gasteiger partial charge >= 0.3 is 0 Å². The van der Waals surface area contributed by atoms with Gasteiger partial charge in [0.15, 0.2) is 0 Å². The van der Waals surface area contributed by atoms with E-state index in [2.05, 4.69) is 19.1 Å². The summed E-state index contributed by atoms with van der Waals surface area (Å²) in [6.45, 7) is 4.05. The summed E-state index contributed by atoms with van der Waals surface area (Å²) in [5, 5.41) is -0.348. The standard InChI is InChI=1S/C11H13ClO/c1-8-3-4-9(2)7-10(6-5-8)11(12)13/h4-5,7H,3,6H2,1-2H3/b8-5-,9-4?,10-7?. The van der Waals surface area contributed by atoms with E-state index in [4.69, 9.17) is 11.6 Å². The van der Waals surface area contributed by atoms with E-state index in [1.165, 1.54) is 5.57 Å². The van der Waals surface area contributed by atoms with Crippen molar-refractivity contribution in [2.24, 2.45) is 0 Å². The molecule has 0 bridgehead atoms. The lowest BCUT2D eigenvalue weighted by atomic mass is 10.0. The highest BCUT2D eigenvalue weighted by Crippen LogP contribution is 2.17. The lowest BCUT2D eigenvalue weighted by Crippen LogP contribution is -1.95. The van der Waals surface area contributed by atoms with E-state index in [0.29, 0.717) is 12.0 Å². The van der Waals surface area contributed by atoms with Crippen molar-refractivity contribution in [1.82, 2.24) is 0 Å². The molecule has 0 aromatic heterocycles. The SMILES string of the molecule is CC1=CC/C(C)=C\CC(C(=O)Cl)=C1. The molecule has 70 valence electrons. The van der Waals surface area contributed by atoms with Gasteiger partial charge in [0.25, 0.3) is 0 Å². The molecule has 0 amide bonds. The molecule has 1 aliphatic carbocycles. The summed E-state index contributed by atoms with van der Waals surface area (Å²) in [7, 11) is 0. The maximum absolute atomic E-state index is 11.0. The number of carbonyl (C=O) groups excluding carboxylic acids is 1. The molecule has 0 saturated heterocycles. The van der Waals surface area contributed by atoms with Gasteiger partial charge in [0.1, 0.15) is 0 Å². The summed E-state index contributed by atoms with van der Waals surface area (Å²) in [5.74, 6) is 0. The van der Waals surface area contributed by atoms with Gasteiger partial charge in [-0.1, -0.05) is 29.4 Å². The highest BCUT2D eigenvalue weighted by atomic mass is 35.5. The zero-order valence-electron chi connectivity index (χ0n) is 7.93. The van der Waals surface area contributed by atoms with Gasteiger partial charge in [-0.05, 0) is 38.3 Å². The van der Waals surface area contributed by atoms with E-state index in [-0.39, 0.29) is 5.24 Å². The molecule has 1 rings (SSSR count). The third-order valence-corrected chi connectivity index (χ3v) is 2.31. The van der Waals surface area contributed by atoms with Crippen molar-refractivity contribution in [2.45, 2.75) is 26.7 Å². The largest absolute Gasteiger partial charge is 0.276 e. The van der Waals surface area contributed by atoms with Crippen molar-refractivity contribution < 1.29 is 4.79 Å². The highest BCUT2D eigenvalue weighted by molar-refractivity contribution is 6.67. The Balaban J connectivity index is 2.96. The first-order chi connectivity index (χ1) is 6.09. The fourth-order valence-electron chi connectivity index (χ4n) is 1.22. The van der Waals surface area contributed by atoms with Crippen LogP contribution in [0.3, 0.4) is 0 Å². The third-order valence-electron chi connectivity index (χ3n) is 2.07. The van der Waals surface area contributed by atoms with Crippen molar-refractivity contribution in [3.05, 3.63) is 34.9 Å². The monoisotopic (exact) mass is 196 g/mol. The molecule has 13 heavy (non-hydrogen) atoms. The van der Waals surface area contributed by atoms with Gasteiger partial charge in [-0.25, -0.2) is 0 Å². The number of hydrogen-bond donors (Lipinski definition) is 0. The molecule has 0 aromatic carbocycles. The second-order valence-corrected chi connectivity index (χ2v) is 3.69. The van der Waals surface area contributed by atoms with Gasteiger partial charge in [0, 0.05) is 5.57 Å². The average molecular weight is 197 g/mol. The van der Waals surface area contributed by atoms with Crippen LogP contribution in [0.1, 0.15) is 26.7 Å². The minimum absolute atomic E-state index is 0.348. The molecular weight excluding hydrogens is 184 g/mol. The van der Waals surface area contributed by atoms with Crippen molar-refractivity contribution in [2.75, 3.05) is 0 Å². The first kappa shape index (κ1) is 10.3. The van der Waals surface area contributed by atoms with E-state index in [1.807, 2.05) is 13.0 Å². The summed E-state index contributed by atoms with van der Waals surface area (Å²) < 4.78 is 0. The van der Waals surface area contributed by atoms with Crippen molar-refractivity contribution in [1.29, 1.82) is 0 Å². The molecule has 0 saturated carbocycles. The van der Waals surface area contributed by atoms with Gasteiger partial charge < -0.3 is 0 Å². The van der Waals surface area contributed by atoms with Gasteiger partial charge in [-0.2, -0.15) is 0 Å². The number of carbonyl (C=O) groups is 1. The second kappa shape index (κ2) is 4.43. The van der Waals surface area contributed by atoms with Crippen molar-refractivity contribution in [3.8, 4) is 0 Å². The summed E-state index contributed by atoms with van der Waals surface area (Å²) in [6, 6.07) is 0. The number of hydrogen-bond acceptors (Lipinski definition) is 1. The zero-order valence-corrected chi connectivity index (χ0v) is 8.69. The van der Waals surface area contributed by atoms with Crippen LogP contribution in [-0.4, -0.2) is 5.24 Å². The quantitative estimate of drug-likeness (QED) is 0.464. The van der Waals surface area contributed by atoms with E-state index in [0.717, 1.165) is 12.0 Å². The molecule has 0 fully saturated rings. The van der Waals surface area contributed by atoms with Crippen LogP contribution in [0.2, 0.25) is 0 Å². The molecule has 1 nitrogen and oxygen atoms in total. The zero-order chi connectivity index (χ0) is 9.84. The lowest BCUT2D eigenvalue weighted by Gasteiger charge is -2.05. The summed E-state index contributed by atoms with van der Waals surface area (Å²) in [4.78, 5) is 11.0. The van der Waals surface area contributed by atoms with Crippen molar-refractivity contribution >= 4 is 16.8 Å². The van der Waals surface area contributed by atoms with Crippen LogP contribution in [-0.2, 0) is 4.79 Å². The maximum Gasteiger partial charge on any atom is 0.248 e. The first-order valence-electron chi connectivity index (χ1n) is 4.32. The third kappa shape index (κ3) is 3.19. The molecule has 0 atom stereocenters. The number of allylic oxidation sites excluding steroid dienone is 6. The van der Waals surface area contributed by atoms with Crippen molar-refractivity contribution in [3.63, 3.8) is 0 Å². The van der Waals surface area contributed by atoms with E-state index >= 15 is 0 Å². The Morgan fingerprint density at radius 3 is 2.62 bits per heavy atom. The second-order valence-electron chi connectivity index (χ2n) is 3.35. The van der Waals surface area contributed by atoms with Crippen LogP contribution >= 0.6 is 11.6 Å². The van der Waals surface area contributed by atoms with Gasteiger partial charge in [-0.15, -0.1) is 0 Å². The Kier molecular flexibility index (Phi) is 3.49. The minimum atomic E-state index is -0.348. The van der Waals surface area contributed by atoms with Crippen LogP contribution in [0.25, 0.3) is 0 Å². The molecule has 0 N–H and O–H groups in total. The topological polar surface area (TPSA) is 17.1 Å². The van der Waals surface area contributed by atoms with Crippen LogP contribution in [0.4, 0.5) is 0 Å². The van der Waals surface area contributed by atoms with Gasteiger partial charge in [0.05, 0.1) is 0 Å². The molecular formula is C11H13ClO. The Bertz CT molecular complexity index is 308.